The minimum atomic E-state index is -0.842. The van der Waals surface area contributed by atoms with Gasteiger partial charge in [-0.25, -0.2) is 4.79 Å². The van der Waals surface area contributed by atoms with Gasteiger partial charge in [-0.1, -0.05) is 78.1 Å². The van der Waals surface area contributed by atoms with E-state index in [1.54, 1.807) is 0 Å². The Kier molecular flexibility index (Phi) is 6.74. The maximum absolute atomic E-state index is 12.8. The third-order valence-corrected chi connectivity index (χ3v) is 6.39. The van der Waals surface area contributed by atoms with Crippen molar-refractivity contribution in [1.82, 2.24) is 21.1 Å². The number of hydrazine groups is 1. The van der Waals surface area contributed by atoms with Gasteiger partial charge in [0.25, 0.3) is 11.8 Å². The molecule has 3 rings (SSSR count). The van der Waals surface area contributed by atoms with Crippen molar-refractivity contribution in [3.05, 3.63) is 35.4 Å². The molecular weight excluding hydrogens is 392 g/mol. The first-order valence-electron chi connectivity index (χ1n) is 11.3. The van der Waals surface area contributed by atoms with E-state index >= 15 is 0 Å². The van der Waals surface area contributed by atoms with Gasteiger partial charge < -0.3 is 10.6 Å². The number of carbonyl (C=O) groups is 3. The Balaban J connectivity index is 1.60. The highest BCUT2D eigenvalue weighted by molar-refractivity contribution is 6.08. The summed E-state index contributed by atoms with van der Waals surface area (Å²) >= 11 is 0. The fraction of sp³-hybridized carbons (Fsp3) is 0.625. The lowest BCUT2D eigenvalue weighted by Crippen LogP contribution is -2.52. The smallest absolute Gasteiger partial charge is 0.322 e. The second-order valence-corrected chi connectivity index (χ2v) is 10.2. The van der Waals surface area contributed by atoms with Gasteiger partial charge in [-0.2, -0.15) is 5.01 Å². The van der Waals surface area contributed by atoms with Crippen LogP contribution in [0.4, 0.5) is 4.79 Å². The summed E-state index contributed by atoms with van der Waals surface area (Å²) in [6, 6.07) is 7.89. The van der Waals surface area contributed by atoms with Crippen molar-refractivity contribution in [2.45, 2.75) is 83.7 Å². The third kappa shape index (κ3) is 5.09. The highest BCUT2D eigenvalue weighted by Crippen LogP contribution is 2.33. The fourth-order valence-corrected chi connectivity index (χ4v) is 4.51. The molecule has 7 nitrogen and oxygen atoms in total. The summed E-state index contributed by atoms with van der Waals surface area (Å²) in [6.07, 6.45) is 4.12. The second kappa shape index (κ2) is 8.99. The molecule has 1 aliphatic carbocycles. The molecule has 0 bridgehead atoms. The van der Waals surface area contributed by atoms with E-state index in [-0.39, 0.29) is 29.8 Å². The van der Waals surface area contributed by atoms with Crippen molar-refractivity contribution < 1.29 is 14.4 Å². The van der Waals surface area contributed by atoms with E-state index in [4.69, 9.17) is 0 Å². The maximum atomic E-state index is 12.8. The highest BCUT2D eigenvalue weighted by atomic mass is 16.2. The van der Waals surface area contributed by atoms with E-state index < -0.39 is 17.5 Å². The molecule has 1 aromatic rings. The number of urea groups is 1. The quantitative estimate of drug-likeness (QED) is 0.605. The van der Waals surface area contributed by atoms with Gasteiger partial charge in [0, 0.05) is 6.04 Å². The molecule has 1 saturated heterocycles. The molecular formula is C24H36N4O3. The van der Waals surface area contributed by atoms with Crippen LogP contribution in [0.25, 0.3) is 0 Å². The van der Waals surface area contributed by atoms with Crippen molar-refractivity contribution >= 4 is 17.8 Å². The second-order valence-electron chi connectivity index (χ2n) is 10.2. The number of amides is 4. The number of nitrogens with zero attached hydrogens (tertiary/aromatic N) is 1. The number of benzene rings is 1. The molecule has 2 aliphatic rings. The number of nitrogens with one attached hydrogen (secondary N) is 3. The first-order valence-corrected chi connectivity index (χ1v) is 11.3. The molecule has 1 atom stereocenters. The lowest BCUT2D eigenvalue weighted by atomic mass is 9.82. The highest BCUT2D eigenvalue weighted by Gasteiger charge is 2.52. The van der Waals surface area contributed by atoms with Gasteiger partial charge >= 0.3 is 6.03 Å². The summed E-state index contributed by atoms with van der Waals surface area (Å²) in [5.74, 6) is -0.493. The van der Waals surface area contributed by atoms with Gasteiger partial charge in [0.1, 0.15) is 5.54 Å². The molecule has 1 spiro atoms. The largest absolute Gasteiger partial charge is 0.344 e. The molecule has 1 heterocycles. The van der Waals surface area contributed by atoms with Crippen LogP contribution in [0.15, 0.2) is 24.3 Å². The molecule has 1 aliphatic heterocycles. The molecule has 1 saturated carbocycles. The number of rotatable bonds is 6. The monoisotopic (exact) mass is 428 g/mol. The Morgan fingerprint density at radius 3 is 2.26 bits per heavy atom. The first kappa shape index (κ1) is 23.3. The minimum Gasteiger partial charge on any atom is -0.322 e. The van der Waals surface area contributed by atoms with Gasteiger partial charge in [-0.15, -0.1) is 0 Å². The number of hydrogen-bond acceptors (Lipinski definition) is 4. The molecule has 0 unspecified atom stereocenters. The summed E-state index contributed by atoms with van der Waals surface area (Å²) in [6.45, 7) is 10.7. The Morgan fingerprint density at radius 2 is 1.71 bits per heavy atom. The zero-order valence-corrected chi connectivity index (χ0v) is 19.4. The van der Waals surface area contributed by atoms with E-state index in [1.807, 2.05) is 0 Å². The van der Waals surface area contributed by atoms with Crippen LogP contribution >= 0.6 is 0 Å². The van der Waals surface area contributed by atoms with Crippen molar-refractivity contribution in [3.63, 3.8) is 0 Å². The molecule has 0 radical (unpaired) electrons. The lowest BCUT2D eigenvalue weighted by molar-refractivity contribution is -0.139. The van der Waals surface area contributed by atoms with Crippen LogP contribution in [0.1, 0.15) is 83.9 Å². The average molecular weight is 429 g/mol. The van der Waals surface area contributed by atoms with Crippen LogP contribution < -0.4 is 16.1 Å². The van der Waals surface area contributed by atoms with Crippen molar-refractivity contribution in [3.8, 4) is 0 Å². The Bertz CT molecular complexity index is 820. The van der Waals surface area contributed by atoms with Crippen LogP contribution in [0.2, 0.25) is 0 Å². The van der Waals surface area contributed by atoms with E-state index in [9.17, 15) is 14.4 Å². The number of hydrogen-bond donors (Lipinski definition) is 3. The molecule has 2 fully saturated rings. The van der Waals surface area contributed by atoms with E-state index in [1.165, 1.54) is 5.56 Å². The van der Waals surface area contributed by atoms with Crippen LogP contribution in [0.3, 0.4) is 0 Å². The Labute approximate surface area is 185 Å². The third-order valence-electron chi connectivity index (χ3n) is 6.39. The predicted octanol–water partition coefficient (Wildman–Crippen LogP) is 3.56. The molecule has 170 valence electrons. The van der Waals surface area contributed by atoms with E-state index in [0.717, 1.165) is 29.8 Å². The van der Waals surface area contributed by atoms with Crippen molar-refractivity contribution in [2.24, 2.45) is 5.92 Å². The molecule has 31 heavy (non-hydrogen) atoms. The van der Waals surface area contributed by atoms with Gasteiger partial charge in [0.05, 0.1) is 6.54 Å². The van der Waals surface area contributed by atoms with Crippen LogP contribution in [0.5, 0.6) is 0 Å². The van der Waals surface area contributed by atoms with Gasteiger partial charge in [0.15, 0.2) is 0 Å². The summed E-state index contributed by atoms with van der Waals surface area (Å²) in [5.41, 5.74) is 4.09. The van der Waals surface area contributed by atoms with Crippen molar-refractivity contribution in [2.75, 3.05) is 6.54 Å². The Hall–Kier alpha value is -2.41. The van der Waals surface area contributed by atoms with E-state index in [0.29, 0.717) is 12.8 Å². The van der Waals surface area contributed by atoms with Gasteiger partial charge in [-0.05, 0) is 35.3 Å². The van der Waals surface area contributed by atoms with Gasteiger partial charge in [0.2, 0.25) is 0 Å². The summed E-state index contributed by atoms with van der Waals surface area (Å²) in [7, 11) is 0. The topological polar surface area (TPSA) is 90.5 Å². The SMILES string of the molecule is CC(C)[C@H](NCC(=O)NN1C(=O)NC2(CCCCC2)C1=O)c1ccc(C(C)(C)C)cc1. The van der Waals surface area contributed by atoms with E-state index in [2.05, 4.69) is 74.9 Å². The zero-order chi connectivity index (χ0) is 22.8. The molecule has 4 amide bonds. The summed E-state index contributed by atoms with van der Waals surface area (Å²) in [5, 5.41) is 6.95. The first-order chi connectivity index (χ1) is 14.5. The molecule has 7 heteroatoms. The molecule has 3 N–H and O–H groups in total. The Morgan fingerprint density at radius 1 is 1.10 bits per heavy atom. The fourth-order valence-electron chi connectivity index (χ4n) is 4.51. The molecule has 1 aromatic carbocycles. The van der Waals surface area contributed by atoms with Crippen LogP contribution in [-0.4, -0.2) is 34.9 Å². The van der Waals surface area contributed by atoms with Gasteiger partial charge in [-0.3, -0.25) is 15.0 Å². The number of imide groups is 1. The molecule has 0 aromatic heterocycles. The summed E-state index contributed by atoms with van der Waals surface area (Å²) < 4.78 is 0. The number of carbonyl (C=O) groups excluding carboxylic acids is 3. The summed E-state index contributed by atoms with van der Waals surface area (Å²) in [4.78, 5) is 37.7. The van der Waals surface area contributed by atoms with Crippen molar-refractivity contribution in [1.29, 1.82) is 0 Å². The zero-order valence-electron chi connectivity index (χ0n) is 19.4. The lowest BCUT2D eigenvalue weighted by Gasteiger charge is -2.30. The maximum Gasteiger partial charge on any atom is 0.344 e. The average Bonchev–Trinajstić information content (AvgIpc) is 2.92. The standard InChI is InChI=1S/C24H36N4O3/c1-16(2)20(17-9-11-18(12-10-17)23(3,4)5)25-15-19(29)27-28-21(30)24(26-22(28)31)13-7-6-8-14-24/h9-12,16,20,25H,6-8,13-15H2,1-5H3,(H,26,31)(H,27,29)/t20-/m0/s1. The van der Waals surface area contributed by atoms with Crippen LogP contribution in [0, 0.1) is 5.92 Å². The minimum absolute atomic E-state index is 0.00787. The predicted molar refractivity (Wildman–Crippen MR) is 120 cm³/mol. The normalized spacial score (nSPS) is 19.6. The van der Waals surface area contributed by atoms with Crippen LogP contribution in [-0.2, 0) is 15.0 Å².